The molecule has 0 aliphatic heterocycles. The SMILES string of the molecule is CC(C)(C)[S+]([O-])NCCCn1c(Sc2cc3c(cc2I)CCC3)nc2c(N)ncnc21. The number of aryl methyl sites for hydroxylation is 3. The van der Waals surface area contributed by atoms with Crippen molar-refractivity contribution in [1.29, 1.82) is 0 Å². The van der Waals surface area contributed by atoms with Gasteiger partial charge in [0.05, 0.1) is 0 Å². The van der Waals surface area contributed by atoms with Crippen LogP contribution in [0.3, 0.4) is 0 Å². The molecule has 3 aromatic rings. The maximum Gasteiger partial charge on any atom is 0.175 e. The summed E-state index contributed by atoms with van der Waals surface area (Å²) in [6, 6.07) is 4.61. The number of nitrogen functional groups attached to an aromatic ring is 1. The fourth-order valence-corrected chi connectivity index (χ4v) is 6.18. The van der Waals surface area contributed by atoms with E-state index in [1.807, 2.05) is 20.8 Å². The number of rotatable bonds is 7. The van der Waals surface area contributed by atoms with Crippen molar-refractivity contribution in [2.75, 3.05) is 12.3 Å². The van der Waals surface area contributed by atoms with Crippen LogP contribution in [-0.4, -0.2) is 35.4 Å². The number of benzene rings is 1. The zero-order valence-corrected chi connectivity index (χ0v) is 21.7. The van der Waals surface area contributed by atoms with Crippen LogP contribution in [0.5, 0.6) is 0 Å². The summed E-state index contributed by atoms with van der Waals surface area (Å²) < 4.78 is 18.4. The summed E-state index contributed by atoms with van der Waals surface area (Å²) in [5, 5.41) is 0.856. The highest BCUT2D eigenvalue weighted by molar-refractivity contribution is 14.1. The quantitative estimate of drug-likeness (QED) is 0.251. The van der Waals surface area contributed by atoms with E-state index in [1.54, 1.807) is 11.8 Å². The summed E-state index contributed by atoms with van der Waals surface area (Å²) in [6.45, 7) is 7.24. The van der Waals surface area contributed by atoms with Gasteiger partial charge in [-0.2, -0.15) is 0 Å². The van der Waals surface area contributed by atoms with Crippen LogP contribution in [0, 0.1) is 3.57 Å². The van der Waals surface area contributed by atoms with Crippen LogP contribution < -0.4 is 10.5 Å². The van der Waals surface area contributed by atoms with Gasteiger partial charge in [-0.3, -0.25) is 0 Å². The van der Waals surface area contributed by atoms with Crippen molar-refractivity contribution in [3.63, 3.8) is 0 Å². The number of nitrogens with zero attached hydrogens (tertiary/aromatic N) is 4. The van der Waals surface area contributed by atoms with Gasteiger partial charge >= 0.3 is 0 Å². The molecule has 1 aliphatic carbocycles. The molecule has 3 N–H and O–H groups in total. The number of imidazole rings is 1. The summed E-state index contributed by atoms with van der Waals surface area (Å²) in [5.74, 6) is 0.390. The number of nitrogens with two attached hydrogens (primary N) is 1. The molecule has 0 spiro atoms. The van der Waals surface area contributed by atoms with E-state index in [-0.39, 0.29) is 4.75 Å². The normalized spacial score (nSPS) is 14.9. The van der Waals surface area contributed by atoms with Gasteiger partial charge in [0.15, 0.2) is 22.1 Å². The van der Waals surface area contributed by atoms with Crippen LogP contribution in [0.2, 0.25) is 0 Å². The van der Waals surface area contributed by atoms with E-state index in [4.69, 9.17) is 10.7 Å². The highest BCUT2D eigenvalue weighted by Crippen LogP contribution is 2.37. The minimum atomic E-state index is -1.08. The van der Waals surface area contributed by atoms with Crippen molar-refractivity contribution in [2.24, 2.45) is 0 Å². The largest absolute Gasteiger partial charge is 0.598 e. The van der Waals surface area contributed by atoms with Crippen molar-refractivity contribution in [1.82, 2.24) is 24.2 Å². The smallest absolute Gasteiger partial charge is 0.175 e. The summed E-state index contributed by atoms with van der Waals surface area (Å²) in [6.07, 6.45) is 5.82. The van der Waals surface area contributed by atoms with Crippen molar-refractivity contribution < 1.29 is 4.55 Å². The van der Waals surface area contributed by atoms with Crippen molar-refractivity contribution in [2.45, 2.75) is 67.8 Å². The van der Waals surface area contributed by atoms with Gasteiger partial charge in [0.1, 0.15) is 11.1 Å². The van der Waals surface area contributed by atoms with Gasteiger partial charge in [0.2, 0.25) is 0 Å². The number of hydrogen-bond donors (Lipinski definition) is 2. The highest BCUT2D eigenvalue weighted by Gasteiger charge is 2.26. The number of anilines is 1. The zero-order valence-electron chi connectivity index (χ0n) is 17.9. The number of halogens is 1. The van der Waals surface area contributed by atoms with Crippen LogP contribution in [0.25, 0.3) is 11.2 Å². The second-order valence-electron chi connectivity index (χ2n) is 8.61. The van der Waals surface area contributed by atoms with Gasteiger partial charge in [-0.05, 0) is 92.3 Å². The van der Waals surface area contributed by atoms with E-state index in [1.165, 1.54) is 38.8 Å². The van der Waals surface area contributed by atoms with Crippen LogP contribution in [0.15, 0.2) is 28.5 Å². The highest BCUT2D eigenvalue weighted by atomic mass is 127. The Balaban J connectivity index is 1.58. The van der Waals surface area contributed by atoms with Gasteiger partial charge < -0.3 is 14.9 Å². The molecule has 0 amide bonds. The van der Waals surface area contributed by atoms with Gasteiger partial charge in [0, 0.05) is 32.9 Å². The van der Waals surface area contributed by atoms with E-state index in [0.717, 1.165) is 23.6 Å². The summed E-state index contributed by atoms with van der Waals surface area (Å²) in [7, 11) is 0. The summed E-state index contributed by atoms with van der Waals surface area (Å²) in [4.78, 5) is 14.6. The first-order chi connectivity index (χ1) is 14.7. The predicted molar refractivity (Wildman–Crippen MR) is 136 cm³/mol. The van der Waals surface area contributed by atoms with Crippen molar-refractivity contribution >= 4 is 62.7 Å². The lowest BCUT2D eigenvalue weighted by atomic mass is 10.1. The Morgan fingerprint density at radius 1 is 1.26 bits per heavy atom. The number of fused-ring (bicyclic) bond motifs is 2. The van der Waals surface area contributed by atoms with Crippen LogP contribution in [-0.2, 0) is 30.7 Å². The lowest BCUT2D eigenvalue weighted by Crippen LogP contribution is -2.39. The molecule has 0 saturated heterocycles. The molecule has 1 aromatic carbocycles. The first-order valence-corrected chi connectivity index (χ1v) is 13.4. The molecule has 166 valence electrons. The third-order valence-electron chi connectivity index (χ3n) is 5.22. The van der Waals surface area contributed by atoms with E-state index in [0.29, 0.717) is 24.4 Å². The first-order valence-electron chi connectivity index (χ1n) is 10.4. The minimum absolute atomic E-state index is 0.283. The van der Waals surface area contributed by atoms with E-state index in [9.17, 15) is 4.55 Å². The Bertz CT molecular complexity index is 1100. The number of nitrogens with one attached hydrogen (secondary N) is 1. The molecule has 7 nitrogen and oxygen atoms in total. The lowest BCUT2D eigenvalue weighted by molar-refractivity contribution is 0.534. The van der Waals surface area contributed by atoms with Crippen molar-refractivity contribution in [3.05, 3.63) is 33.2 Å². The van der Waals surface area contributed by atoms with E-state index >= 15 is 0 Å². The average Bonchev–Trinajstić information content (AvgIpc) is 3.29. The first kappa shape index (κ1) is 23.1. The molecule has 1 unspecified atom stereocenters. The maximum absolute atomic E-state index is 12.3. The molecule has 0 fully saturated rings. The second kappa shape index (κ2) is 9.42. The van der Waals surface area contributed by atoms with Gasteiger partial charge in [0.25, 0.3) is 0 Å². The lowest BCUT2D eigenvalue weighted by Gasteiger charge is -2.23. The number of aromatic nitrogens is 4. The van der Waals surface area contributed by atoms with E-state index < -0.39 is 11.4 Å². The third kappa shape index (κ3) is 5.13. The summed E-state index contributed by atoms with van der Waals surface area (Å²) >= 11 is 2.98. The van der Waals surface area contributed by atoms with Gasteiger partial charge in [-0.25, -0.2) is 15.0 Å². The summed E-state index contributed by atoms with van der Waals surface area (Å²) in [5.41, 5.74) is 10.4. The molecule has 10 heteroatoms. The molecule has 0 radical (unpaired) electrons. The standard InChI is InChI=1S/C21H27IN6OS2/c1-21(2,3)31(29)26-8-5-9-28-19-17(18(23)24-12-25-19)27-20(28)30-16-11-14-7-4-6-13(14)10-15(16)22/h10-12,26H,4-9H2,1-3H3,(H2,23,24,25). The monoisotopic (exact) mass is 570 g/mol. The molecule has 1 aliphatic rings. The second-order valence-corrected chi connectivity index (χ2v) is 12.8. The molecule has 2 heterocycles. The van der Waals surface area contributed by atoms with Crippen molar-refractivity contribution in [3.8, 4) is 0 Å². The Kier molecular flexibility index (Phi) is 7.02. The van der Waals surface area contributed by atoms with Crippen LogP contribution in [0.4, 0.5) is 5.82 Å². The average molecular weight is 571 g/mol. The van der Waals surface area contributed by atoms with Crippen LogP contribution in [0.1, 0.15) is 44.7 Å². The van der Waals surface area contributed by atoms with Crippen LogP contribution >= 0.6 is 34.4 Å². The molecular weight excluding hydrogens is 543 g/mol. The maximum atomic E-state index is 12.3. The topological polar surface area (TPSA) is 105 Å². The van der Waals surface area contributed by atoms with E-state index in [2.05, 4.69) is 54.0 Å². The molecule has 0 bridgehead atoms. The fraction of sp³-hybridized carbons (Fsp3) is 0.476. The number of hydrogen-bond acceptors (Lipinski definition) is 7. The molecule has 1 atom stereocenters. The molecule has 4 rings (SSSR count). The minimum Gasteiger partial charge on any atom is -0.598 e. The van der Waals surface area contributed by atoms with Gasteiger partial charge in [-0.15, -0.1) is 4.72 Å². The van der Waals surface area contributed by atoms with Gasteiger partial charge in [-0.1, -0.05) is 11.8 Å². The third-order valence-corrected chi connectivity index (χ3v) is 9.11. The zero-order chi connectivity index (χ0) is 22.2. The molecular formula is C21H27IN6OS2. The Labute approximate surface area is 203 Å². The molecule has 0 saturated carbocycles. The Hall–Kier alpha value is -1.08. The Morgan fingerprint density at radius 2 is 2.00 bits per heavy atom. The molecule has 31 heavy (non-hydrogen) atoms. The molecule has 2 aromatic heterocycles. The Morgan fingerprint density at radius 3 is 2.74 bits per heavy atom. The predicted octanol–water partition coefficient (Wildman–Crippen LogP) is 4.09. The fourth-order valence-electron chi connectivity index (χ4n) is 3.58.